The van der Waals surface area contributed by atoms with Crippen LogP contribution in [0.25, 0.3) is 11.1 Å². The third-order valence-electron chi connectivity index (χ3n) is 7.01. The second-order valence-electron chi connectivity index (χ2n) is 8.96. The second-order valence-corrected chi connectivity index (χ2v) is 9.40. The molecule has 2 aromatic rings. The lowest BCUT2D eigenvalue weighted by Gasteiger charge is -2.44. The zero-order valence-electron chi connectivity index (χ0n) is 16.6. The first kappa shape index (κ1) is 18.9. The van der Waals surface area contributed by atoms with Gasteiger partial charge >= 0.3 is 0 Å². The minimum Gasteiger partial charge on any atom is -0.341 e. The molecule has 5 heteroatoms. The number of pyridine rings is 1. The van der Waals surface area contributed by atoms with E-state index in [1.165, 1.54) is 19.3 Å². The monoisotopic (exact) mass is 410 g/mol. The normalized spacial score (nSPS) is 24.2. The van der Waals surface area contributed by atoms with E-state index in [9.17, 15) is 9.59 Å². The molecule has 0 spiro atoms. The molecule has 1 saturated carbocycles. The highest BCUT2D eigenvalue weighted by Crippen LogP contribution is 2.41. The zero-order valence-corrected chi connectivity index (χ0v) is 17.4. The molecule has 1 aromatic heterocycles. The van der Waals surface area contributed by atoms with Crippen molar-refractivity contribution in [3.8, 4) is 11.1 Å². The van der Waals surface area contributed by atoms with Gasteiger partial charge in [-0.1, -0.05) is 43.0 Å². The van der Waals surface area contributed by atoms with E-state index in [0.29, 0.717) is 23.4 Å². The maximum absolute atomic E-state index is 13.2. The lowest BCUT2D eigenvalue weighted by Crippen LogP contribution is -2.51. The molecular weight excluding hydrogens is 384 g/mol. The van der Waals surface area contributed by atoms with Gasteiger partial charge in [0.25, 0.3) is 5.56 Å². The number of amides is 1. The largest absolute Gasteiger partial charge is 0.341 e. The predicted octanol–water partition coefficient (Wildman–Crippen LogP) is 4.69. The summed E-state index contributed by atoms with van der Waals surface area (Å²) in [7, 11) is 0. The van der Waals surface area contributed by atoms with E-state index in [1.54, 1.807) is 6.07 Å². The van der Waals surface area contributed by atoms with Crippen LogP contribution in [0.15, 0.2) is 41.2 Å². The number of carbonyl (C=O) groups excluding carboxylic acids is 1. The fourth-order valence-corrected chi connectivity index (χ4v) is 5.80. The van der Waals surface area contributed by atoms with Crippen molar-refractivity contribution in [1.29, 1.82) is 0 Å². The molecule has 0 unspecified atom stereocenters. The van der Waals surface area contributed by atoms with Crippen LogP contribution in [-0.2, 0) is 11.3 Å². The molecule has 3 aliphatic rings. The van der Waals surface area contributed by atoms with E-state index in [0.717, 1.165) is 49.2 Å². The van der Waals surface area contributed by atoms with Gasteiger partial charge in [-0.25, -0.2) is 0 Å². The Morgan fingerprint density at radius 2 is 1.69 bits per heavy atom. The zero-order chi connectivity index (χ0) is 20.0. The number of carbonyl (C=O) groups is 1. The molecule has 5 rings (SSSR count). The highest BCUT2D eigenvalue weighted by atomic mass is 35.5. The van der Waals surface area contributed by atoms with Crippen molar-refractivity contribution in [1.82, 2.24) is 9.47 Å². The first-order valence-corrected chi connectivity index (χ1v) is 11.3. The van der Waals surface area contributed by atoms with Crippen molar-refractivity contribution < 1.29 is 4.79 Å². The number of nitrogens with zero attached hydrogens (tertiary/aromatic N) is 2. The van der Waals surface area contributed by atoms with Crippen molar-refractivity contribution in [2.75, 3.05) is 13.1 Å². The molecule has 2 bridgehead atoms. The summed E-state index contributed by atoms with van der Waals surface area (Å²) in [5, 5.41) is 0.706. The van der Waals surface area contributed by atoms with E-state index < -0.39 is 0 Å². The van der Waals surface area contributed by atoms with Gasteiger partial charge in [0.15, 0.2) is 0 Å². The van der Waals surface area contributed by atoms with E-state index in [2.05, 4.69) is 4.90 Å². The number of fused-ring (bicyclic) bond motifs is 4. The number of piperidine rings is 1. The van der Waals surface area contributed by atoms with Crippen LogP contribution >= 0.6 is 11.6 Å². The first-order valence-electron chi connectivity index (χ1n) is 10.9. The van der Waals surface area contributed by atoms with Gasteiger partial charge in [-0.3, -0.25) is 9.59 Å². The summed E-state index contributed by atoms with van der Waals surface area (Å²) in [5.74, 6) is 1.14. The van der Waals surface area contributed by atoms with E-state index in [1.807, 2.05) is 34.9 Å². The van der Waals surface area contributed by atoms with Gasteiger partial charge < -0.3 is 9.47 Å². The molecule has 0 radical (unpaired) electrons. The molecular formula is C24H27ClN2O2. The van der Waals surface area contributed by atoms with Crippen LogP contribution in [0.4, 0.5) is 0 Å². The van der Waals surface area contributed by atoms with Gasteiger partial charge in [-0.15, -0.1) is 0 Å². The van der Waals surface area contributed by atoms with Crippen LogP contribution < -0.4 is 5.56 Å². The summed E-state index contributed by atoms with van der Waals surface area (Å²) < 4.78 is 1.96. The molecule has 2 fully saturated rings. The van der Waals surface area contributed by atoms with Crippen molar-refractivity contribution in [2.24, 2.45) is 11.8 Å². The number of aromatic nitrogens is 1. The molecule has 152 valence electrons. The topological polar surface area (TPSA) is 42.3 Å². The molecule has 1 aliphatic carbocycles. The number of hydrogen-bond acceptors (Lipinski definition) is 2. The minimum atomic E-state index is 0.0690. The third kappa shape index (κ3) is 3.52. The van der Waals surface area contributed by atoms with Crippen LogP contribution in [0.3, 0.4) is 0 Å². The lowest BCUT2D eigenvalue weighted by atomic mass is 9.79. The van der Waals surface area contributed by atoms with E-state index in [4.69, 9.17) is 11.6 Å². The minimum absolute atomic E-state index is 0.0690. The summed E-state index contributed by atoms with van der Waals surface area (Å²) in [6.07, 6.45) is 6.74. The predicted molar refractivity (Wildman–Crippen MR) is 115 cm³/mol. The maximum atomic E-state index is 13.2. The summed E-state index contributed by atoms with van der Waals surface area (Å²) in [4.78, 5) is 28.0. The van der Waals surface area contributed by atoms with Crippen LogP contribution in [0.1, 0.15) is 50.1 Å². The van der Waals surface area contributed by atoms with Crippen molar-refractivity contribution in [2.45, 2.75) is 51.0 Å². The Balaban J connectivity index is 1.49. The summed E-state index contributed by atoms with van der Waals surface area (Å²) >= 11 is 6.08. The standard InChI is InChI=1S/C24H27ClN2O2/c25-20-8-6-17(7-9-20)21-10-11-22(28)27-14-16-12-19(23(21)27)15-26(13-16)24(29)18-4-2-1-3-5-18/h6-11,16,18-19H,1-5,12-15H2/t16-,19+/m0/s1. The first-order chi connectivity index (χ1) is 14.1. The van der Waals surface area contributed by atoms with Crippen LogP contribution in [0.2, 0.25) is 5.02 Å². The summed E-state index contributed by atoms with van der Waals surface area (Å²) in [6, 6.07) is 11.4. The summed E-state index contributed by atoms with van der Waals surface area (Å²) in [5.41, 5.74) is 3.33. The number of hydrogen-bond donors (Lipinski definition) is 0. The Morgan fingerprint density at radius 3 is 2.45 bits per heavy atom. The third-order valence-corrected chi connectivity index (χ3v) is 7.26. The van der Waals surface area contributed by atoms with E-state index in [-0.39, 0.29) is 17.4 Å². The maximum Gasteiger partial charge on any atom is 0.250 e. The van der Waals surface area contributed by atoms with Gasteiger partial charge in [-0.2, -0.15) is 0 Å². The average Bonchev–Trinajstić information content (AvgIpc) is 2.75. The molecule has 1 aromatic carbocycles. The Kier molecular flexibility index (Phi) is 4.99. The fraction of sp³-hybridized carbons (Fsp3) is 0.500. The molecule has 2 aliphatic heterocycles. The SMILES string of the molecule is O=C(C1CCCCC1)N1C[C@@H]2C[C@H](C1)c1c(-c3ccc(Cl)cc3)ccc(=O)n1C2. The number of likely N-dealkylation sites (tertiary alicyclic amines) is 1. The Hall–Kier alpha value is -2.07. The molecule has 1 amide bonds. The number of benzene rings is 1. The second kappa shape index (κ2) is 7.64. The van der Waals surface area contributed by atoms with Gasteiger partial charge in [-0.05, 0) is 48.9 Å². The van der Waals surface area contributed by atoms with E-state index >= 15 is 0 Å². The van der Waals surface area contributed by atoms with Gasteiger partial charge in [0, 0.05) is 53.8 Å². The fourth-order valence-electron chi connectivity index (χ4n) is 5.68. The number of halogens is 1. The molecule has 2 atom stereocenters. The molecule has 0 N–H and O–H groups in total. The quantitative estimate of drug-likeness (QED) is 0.720. The lowest BCUT2D eigenvalue weighted by molar-refractivity contribution is -0.139. The van der Waals surface area contributed by atoms with Crippen LogP contribution in [0.5, 0.6) is 0 Å². The van der Waals surface area contributed by atoms with Gasteiger partial charge in [0.1, 0.15) is 0 Å². The molecule has 1 saturated heterocycles. The van der Waals surface area contributed by atoms with Crippen molar-refractivity contribution in [3.05, 3.63) is 57.5 Å². The molecule has 4 nitrogen and oxygen atoms in total. The van der Waals surface area contributed by atoms with Gasteiger partial charge in [0.05, 0.1) is 0 Å². The molecule has 3 heterocycles. The average molecular weight is 411 g/mol. The highest BCUT2D eigenvalue weighted by molar-refractivity contribution is 6.30. The smallest absolute Gasteiger partial charge is 0.250 e. The Labute approximate surface area is 176 Å². The van der Waals surface area contributed by atoms with Crippen molar-refractivity contribution in [3.63, 3.8) is 0 Å². The van der Waals surface area contributed by atoms with Crippen LogP contribution in [0, 0.1) is 11.8 Å². The van der Waals surface area contributed by atoms with Gasteiger partial charge in [0.2, 0.25) is 5.91 Å². The molecule has 29 heavy (non-hydrogen) atoms. The highest BCUT2D eigenvalue weighted by Gasteiger charge is 2.39. The summed E-state index contributed by atoms with van der Waals surface area (Å²) in [6.45, 7) is 2.24. The Morgan fingerprint density at radius 1 is 0.931 bits per heavy atom. The van der Waals surface area contributed by atoms with Crippen molar-refractivity contribution >= 4 is 17.5 Å². The Bertz CT molecular complexity index is 975. The number of rotatable bonds is 2. The van der Waals surface area contributed by atoms with Crippen LogP contribution in [-0.4, -0.2) is 28.5 Å².